The van der Waals surface area contributed by atoms with Crippen molar-refractivity contribution in [3.8, 4) is 11.4 Å². The first-order chi connectivity index (χ1) is 23.6. The molecule has 1 unspecified atom stereocenters. The number of aliphatic carboxylic acids is 2. The molecule has 0 amide bonds. The number of hydrogen-bond acceptors (Lipinski definition) is 8. The van der Waals surface area contributed by atoms with E-state index in [0.29, 0.717) is 34.4 Å². The molecule has 18 heteroatoms. The maximum Gasteiger partial charge on any atom is 0.490 e. The summed E-state index contributed by atoms with van der Waals surface area (Å²) < 4.78 is 80.6. The molecule has 0 aliphatic rings. The number of hydrogen-bond donors (Lipinski definition) is 4. The summed E-state index contributed by atoms with van der Waals surface area (Å²) in [7, 11) is 5.80. The van der Waals surface area contributed by atoms with E-state index in [9.17, 15) is 26.3 Å². The third-order valence-corrected chi connectivity index (χ3v) is 7.16. The highest BCUT2D eigenvalue weighted by Crippen LogP contribution is 2.36. The summed E-state index contributed by atoms with van der Waals surface area (Å²) in [4.78, 5) is 29.4. The summed E-state index contributed by atoms with van der Waals surface area (Å²) in [6.45, 7) is 2.04. The number of benzene rings is 3. The van der Waals surface area contributed by atoms with Gasteiger partial charge in [0, 0.05) is 49.0 Å². The molecule has 5 aromatic rings. The first-order valence-corrected chi connectivity index (χ1v) is 14.7. The summed E-state index contributed by atoms with van der Waals surface area (Å²) in [5.41, 5.74) is 17.1. The number of nitrogens with two attached hydrogens (primary N) is 2. The molecular weight excluding hydrogens is 691 g/mol. The first kappa shape index (κ1) is 39.5. The number of alkyl halides is 6. The molecule has 2 aromatic heterocycles. The van der Waals surface area contributed by atoms with E-state index in [2.05, 4.69) is 5.10 Å². The number of halogens is 7. The van der Waals surface area contributed by atoms with Crippen LogP contribution in [-0.2, 0) is 23.1 Å². The molecule has 0 saturated heterocycles. The van der Waals surface area contributed by atoms with Crippen molar-refractivity contribution >= 4 is 39.9 Å². The number of aromatic nitrogens is 4. The average molecular weight is 724 g/mol. The predicted octanol–water partition coefficient (Wildman–Crippen LogP) is 6.41. The number of aryl methyl sites for hydroxylation is 2. The van der Waals surface area contributed by atoms with Crippen LogP contribution in [0.2, 0.25) is 0 Å². The van der Waals surface area contributed by atoms with Gasteiger partial charge in [0.15, 0.2) is 5.82 Å². The topological polar surface area (TPSA) is 173 Å². The molecule has 1 atom stereocenters. The Morgan fingerprint density at radius 3 is 1.94 bits per heavy atom. The van der Waals surface area contributed by atoms with Gasteiger partial charge in [-0.25, -0.2) is 23.9 Å². The second kappa shape index (κ2) is 15.7. The van der Waals surface area contributed by atoms with Crippen LogP contribution in [0.1, 0.15) is 35.5 Å². The van der Waals surface area contributed by atoms with Crippen molar-refractivity contribution in [2.24, 2.45) is 7.05 Å². The largest absolute Gasteiger partial charge is 0.490 e. The summed E-state index contributed by atoms with van der Waals surface area (Å²) in [5.74, 6) is -5.01. The molecule has 0 fully saturated rings. The van der Waals surface area contributed by atoms with E-state index in [1.807, 2.05) is 81.5 Å². The van der Waals surface area contributed by atoms with E-state index >= 15 is 4.39 Å². The minimum Gasteiger partial charge on any atom is -0.475 e. The number of pyridine rings is 1. The van der Waals surface area contributed by atoms with Gasteiger partial charge in [-0.2, -0.15) is 31.4 Å². The normalized spacial score (nSPS) is 11.9. The van der Waals surface area contributed by atoms with Gasteiger partial charge in [0.05, 0.1) is 11.6 Å². The van der Waals surface area contributed by atoms with E-state index in [1.54, 1.807) is 16.8 Å². The number of carbonyl (C=O) groups is 2. The van der Waals surface area contributed by atoms with Gasteiger partial charge in [-0.1, -0.05) is 19.1 Å². The van der Waals surface area contributed by atoms with Crippen molar-refractivity contribution in [2.45, 2.75) is 31.6 Å². The monoisotopic (exact) mass is 723 g/mol. The van der Waals surface area contributed by atoms with E-state index in [-0.39, 0.29) is 5.82 Å². The van der Waals surface area contributed by atoms with E-state index in [1.165, 1.54) is 6.07 Å². The van der Waals surface area contributed by atoms with Crippen LogP contribution in [0, 0.1) is 5.82 Å². The minimum atomic E-state index is -5.08. The first-order valence-electron chi connectivity index (χ1n) is 14.7. The highest BCUT2D eigenvalue weighted by molar-refractivity contribution is 5.93. The average Bonchev–Trinajstić information content (AvgIpc) is 3.42. The SMILES string of the molecule is CCc1ccc(F)c(C(c2cc3cc(N)ccc3c(N)n2)c2nc(-c3ccc(N(C)C)cc3)nn2C)c1.O=C(O)C(F)(F)F.O=C(O)C(F)(F)F. The van der Waals surface area contributed by atoms with Crippen molar-refractivity contribution in [3.05, 3.63) is 95.2 Å². The summed E-state index contributed by atoms with van der Waals surface area (Å²) in [5, 5.41) is 20.6. The van der Waals surface area contributed by atoms with Gasteiger partial charge in [-0.05, 0) is 72.0 Å². The van der Waals surface area contributed by atoms with Gasteiger partial charge in [0.25, 0.3) is 0 Å². The maximum absolute atomic E-state index is 15.4. The molecule has 0 spiro atoms. The zero-order valence-electron chi connectivity index (χ0n) is 27.4. The lowest BCUT2D eigenvalue weighted by atomic mass is 9.91. The molecule has 5 rings (SSSR count). The molecule has 51 heavy (non-hydrogen) atoms. The second-order valence-electron chi connectivity index (χ2n) is 11.0. The Balaban J connectivity index is 0.000000424. The Bertz CT molecular complexity index is 1990. The van der Waals surface area contributed by atoms with Crippen LogP contribution >= 0.6 is 0 Å². The zero-order valence-corrected chi connectivity index (χ0v) is 27.4. The molecule has 0 aliphatic heterocycles. The molecule has 11 nitrogen and oxygen atoms in total. The van der Waals surface area contributed by atoms with Crippen LogP contribution in [-0.4, -0.2) is 68.3 Å². The number of nitrogen functional groups attached to an aromatic ring is 2. The molecule has 272 valence electrons. The maximum atomic E-state index is 15.4. The second-order valence-corrected chi connectivity index (χ2v) is 11.0. The van der Waals surface area contributed by atoms with Crippen LogP contribution in [0.5, 0.6) is 0 Å². The van der Waals surface area contributed by atoms with Crippen molar-refractivity contribution in [3.63, 3.8) is 0 Å². The number of nitrogens with zero attached hydrogens (tertiary/aromatic N) is 5. The number of carboxylic acid groups (broad SMARTS) is 2. The van der Waals surface area contributed by atoms with Crippen LogP contribution in [0.15, 0.2) is 66.7 Å². The lowest BCUT2D eigenvalue weighted by Crippen LogP contribution is -2.21. The smallest absolute Gasteiger partial charge is 0.475 e. The molecule has 2 heterocycles. The van der Waals surface area contributed by atoms with Gasteiger partial charge < -0.3 is 26.6 Å². The molecular formula is C33H32F7N7O4. The number of anilines is 3. The molecule has 0 radical (unpaired) electrons. The number of rotatable bonds is 6. The fraction of sp³-hybridized carbons (Fsp3) is 0.242. The predicted molar refractivity (Wildman–Crippen MR) is 175 cm³/mol. The van der Waals surface area contributed by atoms with Crippen molar-refractivity contribution in [2.75, 3.05) is 30.5 Å². The molecule has 0 aliphatic carbocycles. The van der Waals surface area contributed by atoms with Gasteiger partial charge in [-0.3, -0.25) is 4.68 Å². The molecule has 0 bridgehead atoms. The number of carboxylic acids is 2. The standard InChI is InChI=1S/C29H30FN7.2C2HF3O2/c1-5-17-6-13-24(30)23(14-17)26(25-16-19-15-20(31)9-12-22(19)27(32)33-25)29-34-28(35-37(29)4)18-7-10-21(11-8-18)36(2)3;2*3-2(4,5)1(6)7/h6-16,26H,5,31H2,1-4H3,(H2,32,33);2*(H,6,7). The quantitative estimate of drug-likeness (QED) is 0.113. The number of fused-ring (bicyclic) bond motifs is 1. The van der Waals surface area contributed by atoms with Gasteiger partial charge >= 0.3 is 24.3 Å². The van der Waals surface area contributed by atoms with Crippen molar-refractivity contribution in [1.82, 2.24) is 19.7 Å². The van der Waals surface area contributed by atoms with Gasteiger partial charge in [0.1, 0.15) is 17.5 Å². The van der Waals surface area contributed by atoms with E-state index in [4.69, 9.17) is 41.2 Å². The summed E-state index contributed by atoms with van der Waals surface area (Å²) >= 11 is 0. The zero-order chi connectivity index (χ0) is 38.4. The Hall–Kier alpha value is -5.94. The minimum absolute atomic E-state index is 0.338. The third-order valence-electron chi connectivity index (χ3n) is 7.16. The Morgan fingerprint density at radius 2 is 1.43 bits per heavy atom. The third kappa shape index (κ3) is 10.1. The van der Waals surface area contributed by atoms with Crippen LogP contribution in [0.3, 0.4) is 0 Å². The molecule has 0 saturated carbocycles. The highest BCUT2D eigenvalue weighted by atomic mass is 19.4. The van der Waals surface area contributed by atoms with Gasteiger partial charge in [-0.15, -0.1) is 0 Å². The molecule has 6 N–H and O–H groups in total. The lowest BCUT2D eigenvalue weighted by molar-refractivity contribution is -0.193. The van der Waals surface area contributed by atoms with E-state index in [0.717, 1.165) is 34.0 Å². The van der Waals surface area contributed by atoms with Crippen LogP contribution < -0.4 is 16.4 Å². The molecule has 3 aromatic carbocycles. The van der Waals surface area contributed by atoms with Crippen LogP contribution in [0.4, 0.5) is 47.9 Å². The van der Waals surface area contributed by atoms with Crippen LogP contribution in [0.25, 0.3) is 22.2 Å². The van der Waals surface area contributed by atoms with Crippen molar-refractivity contribution < 1.29 is 50.5 Å². The fourth-order valence-electron chi connectivity index (χ4n) is 4.62. The Labute approximate surface area is 286 Å². The van der Waals surface area contributed by atoms with E-state index < -0.39 is 30.2 Å². The lowest BCUT2D eigenvalue weighted by Gasteiger charge is -2.19. The Morgan fingerprint density at radius 1 is 0.863 bits per heavy atom. The summed E-state index contributed by atoms with van der Waals surface area (Å²) in [6, 6.07) is 20.6. The van der Waals surface area contributed by atoms with Crippen molar-refractivity contribution in [1.29, 1.82) is 0 Å². The Kier molecular flexibility index (Phi) is 12.2. The summed E-state index contributed by atoms with van der Waals surface area (Å²) in [6.07, 6.45) is -9.40. The van der Waals surface area contributed by atoms with Gasteiger partial charge in [0.2, 0.25) is 0 Å². The fourth-order valence-corrected chi connectivity index (χ4v) is 4.62. The highest BCUT2D eigenvalue weighted by Gasteiger charge is 2.39.